The van der Waals surface area contributed by atoms with Crippen molar-refractivity contribution in [2.24, 2.45) is 27.5 Å². The predicted molar refractivity (Wildman–Crippen MR) is 174 cm³/mol. The van der Waals surface area contributed by atoms with Crippen molar-refractivity contribution in [3.05, 3.63) is 94.0 Å². The minimum atomic E-state index is -0.189. The Balaban J connectivity index is 1.22. The second-order valence-electron chi connectivity index (χ2n) is 12.7. The quantitative estimate of drug-likeness (QED) is 0.233. The van der Waals surface area contributed by atoms with Crippen molar-refractivity contribution in [2.45, 2.75) is 63.9 Å². The number of halogens is 1. The van der Waals surface area contributed by atoms with Crippen LogP contribution in [0.2, 0.25) is 5.02 Å². The number of anilines is 1. The highest BCUT2D eigenvalue weighted by Gasteiger charge is 2.54. The van der Waals surface area contributed by atoms with Gasteiger partial charge in [-0.2, -0.15) is 5.10 Å². The zero-order valence-corrected chi connectivity index (χ0v) is 25.8. The molecule has 4 aliphatic rings. The van der Waals surface area contributed by atoms with E-state index in [-0.39, 0.29) is 17.4 Å². The Morgan fingerprint density at radius 3 is 2.65 bits per heavy atom. The molecule has 3 fully saturated rings. The largest absolute Gasteiger partial charge is 0.508 e. The van der Waals surface area contributed by atoms with Gasteiger partial charge < -0.3 is 10.2 Å². The third-order valence-electron chi connectivity index (χ3n) is 10.4. The lowest BCUT2D eigenvalue weighted by Crippen LogP contribution is -2.43. The zero-order chi connectivity index (χ0) is 29.7. The third-order valence-corrected chi connectivity index (χ3v) is 11.6. The second-order valence-corrected chi connectivity index (χ2v) is 14.1. The fourth-order valence-electron chi connectivity index (χ4n) is 8.16. The molecular weight excluding hydrogens is 578 g/mol. The maximum atomic E-state index is 12.8. The Morgan fingerprint density at radius 2 is 1.86 bits per heavy atom. The molecule has 3 aliphatic carbocycles. The standard InChI is InChI=1S/C35H36ClN3O3S/c1-35-16-15-26-27(29(35)13-14-32(35)41)12-7-22-19-31(40)23(17-28(22)26)18-30(21-5-3-2-4-6-21)37-38-34-39(33(42)20-43-34)25-10-8-24(36)9-11-25/h2-6,8-11,17,19,26-27,29,32,40-41H,7,12-16,18,20H2,1H3/b37-30+,38-34+/t26-,27+,29-,32-,35-/m0/s1. The number of thioether (sulfide) groups is 1. The summed E-state index contributed by atoms with van der Waals surface area (Å²) in [4.78, 5) is 14.4. The summed E-state index contributed by atoms with van der Waals surface area (Å²) in [6.07, 6.45) is 6.45. The molecule has 1 saturated heterocycles. The van der Waals surface area contributed by atoms with Crippen molar-refractivity contribution in [1.82, 2.24) is 0 Å². The summed E-state index contributed by atoms with van der Waals surface area (Å²) in [7, 11) is 0. The highest BCUT2D eigenvalue weighted by molar-refractivity contribution is 8.15. The van der Waals surface area contributed by atoms with E-state index in [1.807, 2.05) is 48.5 Å². The Kier molecular flexibility index (Phi) is 7.60. The van der Waals surface area contributed by atoms with Gasteiger partial charge in [0.1, 0.15) is 5.75 Å². The number of benzene rings is 3. The van der Waals surface area contributed by atoms with Crippen molar-refractivity contribution in [1.29, 1.82) is 0 Å². The van der Waals surface area contributed by atoms with E-state index in [1.165, 1.54) is 22.9 Å². The van der Waals surface area contributed by atoms with E-state index < -0.39 is 0 Å². The van der Waals surface area contributed by atoms with E-state index in [4.69, 9.17) is 16.7 Å². The SMILES string of the molecule is C[C@]12CC[C@@H]3c4cc(C/C(=N\N=C5\SCC(=O)N5c5ccc(Cl)cc5)c5ccccc5)c(O)cc4CC[C@H]3[C@@H]1CC[C@@H]2O. The molecule has 1 aliphatic heterocycles. The molecule has 222 valence electrons. The number of nitrogens with zero attached hydrogens (tertiary/aromatic N) is 3. The van der Waals surface area contributed by atoms with Crippen LogP contribution in [-0.4, -0.2) is 38.9 Å². The van der Waals surface area contributed by atoms with Gasteiger partial charge in [0.2, 0.25) is 5.91 Å². The van der Waals surface area contributed by atoms with Crippen LogP contribution in [0.15, 0.2) is 76.9 Å². The van der Waals surface area contributed by atoms with E-state index >= 15 is 0 Å². The Morgan fingerprint density at radius 1 is 1.07 bits per heavy atom. The molecule has 5 atom stereocenters. The van der Waals surface area contributed by atoms with Gasteiger partial charge >= 0.3 is 0 Å². The van der Waals surface area contributed by atoms with Crippen molar-refractivity contribution in [2.75, 3.05) is 10.7 Å². The first-order valence-corrected chi connectivity index (χ1v) is 16.6. The number of aryl methyl sites for hydroxylation is 1. The van der Waals surface area contributed by atoms with Crippen LogP contribution in [0.1, 0.15) is 67.2 Å². The topological polar surface area (TPSA) is 85.5 Å². The second kappa shape index (κ2) is 11.4. The Hall–Kier alpha value is -3.13. The predicted octanol–water partition coefficient (Wildman–Crippen LogP) is 7.35. The highest BCUT2D eigenvalue weighted by Crippen LogP contribution is 2.61. The summed E-state index contributed by atoms with van der Waals surface area (Å²) < 4.78 is 0. The number of aliphatic hydroxyl groups is 1. The smallest absolute Gasteiger partial charge is 0.243 e. The monoisotopic (exact) mass is 613 g/mol. The third kappa shape index (κ3) is 5.19. The molecule has 0 aromatic heterocycles. The van der Waals surface area contributed by atoms with Gasteiger partial charge in [-0.25, -0.2) is 0 Å². The van der Waals surface area contributed by atoms with Gasteiger partial charge in [0.05, 0.1) is 23.3 Å². The molecule has 8 heteroatoms. The molecule has 3 aromatic carbocycles. The molecule has 7 rings (SSSR count). The minimum Gasteiger partial charge on any atom is -0.508 e. The number of carbonyl (C=O) groups excluding carboxylic acids is 1. The Bertz CT molecular complexity index is 1610. The zero-order valence-electron chi connectivity index (χ0n) is 24.2. The van der Waals surface area contributed by atoms with Crippen molar-refractivity contribution in [3.63, 3.8) is 0 Å². The van der Waals surface area contributed by atoms with Gasteiger partial charge in [0, 0.05) is 17.0 Å². The number of phenols is 1. The van der Waals surface area contributed by atoms with Crippen LogP contribution in [0.25, 0.3) is 0 Å². The summed E-state index contributed by atoms with van der Waals surface area (Å²) >= 11 is 7.44. The number of aromatic hydroxyl groups is 1. The number of fused-ring (bicyclic) bond motifs is 5. The number of hydrogen-bond donors (Lipinski definition) is 2. The molecule has 2 N–H and O–H groups in total. The van der Waals surface area contributed by atoms with Crippen LogP contribution >= 0.6 is 23.4 Å². The van der Waals surface area contributed by atoms with E-state index in [0.717, 1.165) is 55.4 Å². The molecular formula is C35H36ClN3O3S. The molecule has 1 amide bonds. The van der Waals surface area contributed by atoms with Crippen LogP contribution in [0.5, 0.6) is 5.75 Å². The first-order valence-electron chi connectivity index (χ1n) is 15.3. The first kappa shape index (κ1) is 28.6. The molecule has 0 bridgehead atoms. The maximum absolute atomic E-state index is 12.8. The van der Waals surface area contributed by atoms with Crippen LogP contribution < -0.4 is 4.90 Å². The lowest BCUT2D eigenvalue weighted by Gasteiger charge is -2.50. The van der Waals surface area contributed by atoms with Crippen LogP contribution in [0.3, 0.4) is 0 Å². The average Bonchev–Trinajstić information content (AvgIpc) is 3.54. The molecule has 2 saturated carbocycles. The number of carbonyl (C=O) groups is 1. The van der Waals surface area contributed by atoms with Crippen LogP contribution in [0, 0.1) is 17.3 Å². The summed E-state index contributed by atoms with van der Waals surface area (Å²) in [6.45, 7) is 2.30. The summed E-state index contributed by atoms with van der Waals surface area (Å²) in [5.41, 5.74) is 5.83. The van der Waals surface area contributed by atoms with Crippen molar-refractivity contribution >= 4 is 45.8 Å². The fraction of sp³-hybridized carbons (Fsp3) is 0.400. The van der Waals surface area contributed by atoms with Crippen LogP contribution in [0.4, 0.5) is 5.69 Å². The number of phenolic OH excluding ortho intramolecular Hbond substituents is 1. The maximum Gasteiger partial charge on any atom is 0.243 e. The molecule has 0 unspecified atom stereocenters. The van der Waals surface area contributed by atoms with E-state index in [9.17, 15) is 15.0 Å². The molecule has 6 nitrogen and oxygen atoms in total. The number of amides is 1. The number of aliphatic hydroxyl groups excluding tert-OH is 1. The number of amidine groups is 1. The van der Waals surface area contributed by atoms with Crippen molar-refractivity contribution < 1.29 is 15.0 Å². The number of hydrogen-bond acceptors (Lipinski definition) is 6. The van der Waals surface area contributed by atoms with E-state index in [2.05, 4.69) is 18.1 Å². The fourth-order valence-corrected chi connectivity index (χ4v) is 9.10. The molecule has 0 spiro atoms. The van der Waals surface area contributed by atoms with Gasteiger partial charge in [-0.05, 0) is 109 Å². The lowest BCUT2D eigenvalue weighted by molar-refractivity contribution is -0.115. The number of rotatable bonds is 5. The van der Waals surface area contributed by atoms with Gasteiger partial charge in [-0.1, -0.05) is 66.7 Å². The summed E-state index contributed by atoms with van der Waals surface area (Å²) in [5, 5.41) is 32.5. The average molecular weight is 614 g/mol. The lowest BCUT2D eigenvalue weighted by atomic mass is 9.55. The summed E-state index contributed by atoms with van der Waals surface area (Å²) in [6, 6.07) is 21.2. The molecule has 3 aromatic rings. The van der Waals surface area contributed by atoms with E-state index in [0.29, 0.717) is 51.6 Å². The van der Waals surface area contributed by atoms with Crippen LogP contribution in [-0.2, 0) is 17.6 Å². The van der Waals surface area contributed by atoms with Gasteiger partial charge in [-0.15, -0.1) is 5.10 Å². The van der Waals surface area contributed by atoms with Crippen molar-refractivity contribution in [3.8, 4) is 5.75 Å². The molecule has 1 heterocycles. The molecule has 0 radical (unpaired) electrons. The summed E-state index contributed by atoms with van der Waals surface area (Å²) in [5.74, 6) is 2.12. The van der Waals surface area contributed by atoms with Gasteiger partial charge in [0.25, 0.3) is 0 Å². The highest BCUT2D eigenvalue weighted by atomic mass is 35.5. The minimum absolute atomic E-state index is 0.0320. The normalized spacial score (nSPS) is 29.5. The first-order chi connectivity index (χ1) is 20.8. The van der Waals surface area contributed by atoms with Gasteiger partial charge in [0.15, 0.2) is 5.17 Å². The Labute approximate surface area is 261 Å². The molecule has 43 heavy (non-hydrogen) atoms. The van der Waals surface area contributed by atoms with Gasteiger partial charge in [-0.3, -0.25) is 9.69 Å². The van der Waals surface area contributed by atoms with E-state index in [1.54, 1.807) is 17.0 Å².